The van der Waals surface area contributed by atoms with Crippen LogP contribution < -0.4 is 5.32 Å². The van der Waals surface area contributed by atoms with Crippen molar-refractivity contribution >= 4 is 22.9 Å². The molecule has 138 valence electrons. The van der Waals surface area contributed by atoms with E-state index in [4.69, 9.17) is 5.11 Å². The highest BCUT2D eigenvalue weighted by Crippen LogP contribution is 2.38. The Morgan fingerprint density at radius 2 is 2.04 bits per heavy atom. The number of halogens is 1. The first-order valence-corrected chi connectivity index (χ1v) is 8.92. The number of carboxylic acid groups (broad SMARTS) is 1. The van der Waals surface area contributed by atoms with Crippen LogP contribution in [0.1, 0.15) is 42.3 Å². The molecular formula is C22H21FN2O2. The number of hydrogen-bond donors (Lipinski definition) is 3. The molecule has 1 unspecified atom stereocenters. The smallest absolute Gasteiger partial charge is 0.328 e. The van der Waals surface area contributed by atoms with Gasteiger partial charge in [-0.05, 0) is 49.6 Å². The number of carboxylic acids is 1. The number of benzene rings is 2. The fraction of sp³-hybridized carbons (Fsp3) is 0.227. The molecule has 2 aromatic carbocycles. The van der Waals surface area contributed by atoms with Crippen LogP contribution in [0.3, 0.4) is 0 Å². The highest BCUT2D eigenvalue weighted by atomic mass is 19.1. The summed E-state index contributed by atoms with van der Waals surface area (Å²) >= 11 is 0. The average Bonchev–Trinajstić information content (AvgIpc) is 2.97. The molecule has 5 heteroatoms. The maximum atomic E-state index is 14.9. The van der Waals surface area contributed by atoms with Crippen LogP contribution in [0.4, 0.5) is 4.39 Å². The Balaban J connectivity index is 1.81. The summed E-state index contributed by atoms with van der Waals surface area (Å²) in [7, 11) is 0. The van der Waals surface area contributed by atoms with E-state index in [-0.39, 0.29) is 17.4 Å². The van der Waals surface area contributed by atoms with Gasteiger partial charge >= 0.3 is 5.97 Å². The van der Waals surface area contributed by atoms with Gasteiger partial charge in [0.2, 0.25) is 0 Å². The summed E-state index contributed by atoms with van der Waals surface area (Å²) in [5.41, 5.74) is 4.13. The van der Waals surface area contributed by atoms with Gasteiger partial charge in [-0.15, -0.1) is 0 Å². The minimum atomic E-state index is -1.06. The summed E-state index contributed by atoms with van der Waals surface area (Å²) in [4.78, 5) is 14.1. The van der Waals surface area contributed by atoms with Crippen LogP contribution >= 0.6 is 0 Å². The van der Waals surface area contributed by atoms with Gasteiger partial charge in [0, 0.05) is 33.8 Å². The standard InChI is InChI=1S/C22H21FN2O2/c1-22(2)12-16-14-5-3-4-6-18(14)24-20(16)21(25-22)15-9-7-13(11-17(15)23)8-10-19(26)27/h3-11,21,24-25H,12H2,1-2H3,(H,26,27). The molecule has 0 saturated carbocycles. The van der Waals surface area contributed by atoms with Crippen molar-refractivity contribution in [2.45, 2.75) is 31.8 Å². The maximum absolute atomic E-state index is 14.9. The first-order chi connectivity index (χ1) is 12.8. The van der Waals surface area contributed by atoms with Crippen molar-refractivity contribution in [3.63, 3.8) is 0 Å². The minimum Gasteiger partial charge on any atom is -0.478 e. The normalized spacial score (nSPS) is 18.7. The quantitative estimate of drug-likeness (QED) is 0.603. The number of aliphatic carboxylic acids is 1. The predicted molar refractivity (Wildman–Crippen MR) is 104 cm³/mol. The van der Waals surface area contributed by atoms with Gasteiger partial charge < -0.3 is 10.1 Å². The minimum absolute atomic E-state index is 0.184. The molecule has 3 aromatic rings. The van der Waals surface area contributed by atoms with E-state index >= 15 is 0 Å². The Hall–Kier alpha value is -2.92. The molecule has 3 N–H and O–H groups in total. The van der Waals surface area contributed by atoms with Gasteiger partial charge in [0.05, 0.1) is 6.04 Å². The molecule has 0 saturated heterocycles. The van der Waals surface area contributed by atoms with Crippen molar-refractivity contribution in [1.29, 1.82) is 0 Å². The van der Waals surface area contributed by atoms with Crippen molar-refractivity contribution in [1.82, 2.24) is 10.3 Å². The van der Waals surface area contributed by atoms with E-state index < -0.39 is 5.97 Å². The third kappa shape index (κ3) is 3.26. The number of para-hydroxylation sites is 1. The van der Waals surface area contributed by atoms with Crippen LogP contribution in [0.5, 0.6) is 0 Å². The van der Waals surface area contributed by atoms with Crippen LogP contribution in [0.25, 0.3) is 17.0 Å². The van der Waals surface area contributed by atoms with Gasteiger partial charge in [0.1, 0.15) is 5.82 Å². The lowest BCUT2D eigenvalue weighted by Crippen LogP contribution is -2.47. The highest BCUT2D eigenvalue weighted by Gasteiger charge is 2.35. The van der Waals surface area contributed by atoms with Crippen molar-refractivity contribution in [3.8, 4) is 0 Å². The first kappa shape index (κ1) is 17.5. The fourth-order valence-corrected chi connectivity index (χ4v) is 3.90. The highest BCUT2D eigenvalue weighted by molar-refractivity contribution is 5.86. The molecule has 1 aliphatic rings. The molecule has 0 fully saturated rings. The molecule has 2 heterocycles. The lowest BCUT2D eigenvalue weighted by molar-refractivity contribution is -0.131. The molecule has 4 nitrogen and oxygen atoms in total. The number of rotatable bonds is 3. The van der Waals surface area contributed by atoms with E-state index in [0.29, 0.717) is 11.1 Å². The summed E-state index contributed by atoms with van der Waals surface area (Å²) in [6.07, 6.45) is 3.25. The molecule has 1 aromatic heterocycles. The zero-order valence-electron chi connectivity index (χ0n) is 15.2. The largest absolute Gasteiger partial charge is 0.478 e. The van der Waals surface area contributed by atoms with Gasteiger partial charge in [-0.2, -0.15) is 0 Å². The Bertz CT molecular complexity index is 1070. The molecule has 4 rings (SSSR count). The zero-order valence-corrected chi connectivity index (χ0v) is 15.2. The maximum Gasteiger partial charge on any atom is 0.328 e. The molecule has 1 aliphatic heterocycles. The third-order valence-corrected chi connectivity index (χ3v) is 5.04. The second-order valence-corrected chi connectivity index (χ2v) is 7.65. The summed E-state index contributed by atoms with van der Waals surface area (Å²) in [5.74, 6) is -1.42. The van der Waals surface area contributed by atoms with E-state index in [1.807, 2.05) is 18.2 Å². The molecular weight excluding hydrogens is 343 g/mol. The zero-order chi connectivity index (χ0) is 19.2. The van der Waals surface area contributed by atoms with E-state index in [0.717, 1.165) is 23.7 Å². The van der Waals surface area contributed by atoms with Crippen LogP contribution in [0.2, 0.25) is 0 Å². The van der Waals surface area contributed by atoms with Gasteiger partial charge in [-0.3, -0.25) is 5.32 Å². The van der Waals surface area contributed by atoms with E-state index in [1.165, 1.54) is 23.1 Å². The number of aromatic nitrogens is 1. The number of aromatic amines is 1. The lowest BCUT2D eigenvalue weighted by atomic mass is 9.83. The van der Waals surface area contributed by atoms with Gasteiger partial charge in [-0.25, -0.2) is 9.18 Å². The van der Waals surface area contributed by atoms with Crippen LogP contribution in [0, 0.1) is 5.82 Å². The molecule has 1 atom stereocenters. The topological polar surface area (TPSA) is 65.1 Å². The molecule has 0 spiro atoms. The van der Waals surface area contributed by atoms with Crippen LogP contribution in [-0.4, -0.2) is 21.6 Å². The lowest BCUT2D eigenvalue weighted by Gasteiger charge is -2.37. The molecule has 0 radical (unpaired) electrons. The first-order valence-electron chi connectivity index (χ1n) is 8.92. The molecule has 27 heavy (non-hydrogen) atoms. The van der Waals surface area contributed by atoms with Crippen molar-refractivity contribution in [2.75, 3.05) is 0 Å². The predicted octanol–water partition coefficient (Wildman–Crippen LogP) is 4.42. The van der Waals surface area contributed by atoms with E-state index in [2.05, 4.69) is 30.2 Å². The number of H-pyrrole nitrogens is 1. The average molecular weight is 364 g/mol. The molecule has 0 bridgehead atoms. The number of hydrogen-bond acceptors (Lipinski definition) is 2. The second kappa shape index (κ2) is 6.35. The van der Waals surface area contributed by atoms with E-state index in [1.54, 1.807) is 12.1 Å². The monoisotopic (exact) mass is 364 g/mol. The van der Waals surface area contributed by atoms with Crippen molar-refractivity contribution in [2.24, 2.45) is 0 Å². The SMILES string of the molecule is CC1(C)Cc2c([nH]c3ccccc23)C(c2ccc(C=CC(=O)O)cc2F)N1. The summed E-state index contributed by atoms with van der Waals surface area (Å²) in [5, 5.41) is 13.5. The van der Waals surface area contributed by atoms with Crippen LogP contribution in [-0.2, 0) is 11.2 Å². The summed E-state index contributed by atoms with van der Waals surface area (Å²) < 4.78 is 14.9. The van der Waals surface area contributed by atoms with Crippen molar-refractivity contribution in [3.05, 3.63) is 76.7 Å². The molecule has 0 aliphatic carbocycles. The summed E-state index contributed by atoms with van der Waals surface area (Å²) in [6, 6.07) is 12.7. The van der Waals surface area contributed by atoms with E-state index in [9.17, 15) is 9.18 Å². The molecule has 0 amide bonds. The van der Waals surface area contributed by atoms with Crippen LogP contribution in [0.15, 0.2) is 48.5 Å². The van der Waals surface area contributed by atoms with Gasteiger partial charge in [-0.1, -0.05) is 30.3 Å². The Kier molecular flexibility index (Phi) is 4.12. The third-order valence-electron chi connectivity index (χ3n) is 5.04. The van der Waals surface area contributed by atoms with Crippen molar-refractivity contribution < 1.29 is 14.3 Å². The Morgan fingerprint density at radius 3 is 2.78 bits per heavy atom. The fourth-order valence-electron chi connectivity index (χ4n) is 3.90. The summed E-state index contributed by atoms with van der Waals surface area (Å²) in [6.45, 7) is 4.24. The van der Waals surface area contributed by atoms with Gasteiger partial charge in [0.25, 0.3) is 0 Å². The Labute approximate surface area is 156 Å². The Morgan fingerprint density at radius 1 is 1.26 bits per heavy atom. The second-order valence-electron chi connectivity index (χ2n) is 7.65. The number of fused-ring (bicyclic) bond motifs is 3. The number of nitrogens with one attached hydrogen (secondary N) is 2. The van der Waals surface area contributed by atoms with Gasteiger partial charge in [0.15, 0.2) is 0 Å². The number of carbonyl (C=O) groups is 1.